The molecule has 9 nitrogen and oxygen atoms in total. The van der Waals surface area contributed by atoms with E-state index in [4.69, 9.17) is 11.6 Å². The number of amides is 2. The molecule has 40 heavy (non-hydrogen) atoms. The lowest BCUT2D eigenvalue weighted by Crippen LogP contribution is -2.48. The first kappa shape index (κ1) is 26.9. The summed E-state index contributed by atoms with van der Waals surface area (Å²) in [4.78, 5) is 39.4. The number of benzene rings is 2. The molecule has 3 aliphatic rings. The number of thioether (sulfide) groups is 1. The fourth-order valence-electron chi connectivity index (χ4n) is 5.05. The Bertz CT molecular complexity index is 1450. The Labute approximate surface area is 246 Å². The van der Waals surface area contributed by atoms with Gasteiger partial charge in [-0.2, -0.15) is 13.7 Å². The minimum absolute atomic E-state index is 0.0234. The zero-order valence-electron chi connectivity index (χ0n) is 21.8. The summed E-state index contributed by atoms with van der Waals surface area (Å²) in [7, 11) is 0. The smallest absolute Gasteiger partial charge is 0.286 e. The number of amidine groups is 1. The predicted octanol–water partition coefficient (Wildman–Crippen LogP) is 3.94. The van der Waals surface area contributed by atoms with E-state index in [2.05, 4.69) is 52.7 Å². The van der Waals surface area contributed by atoms with E-state index >= 15 is 0 Å². The highest BCUT2D eigenvalue weighted by Crippen LogP contribution is 2.32. The number of hydrogen-bond donors (Lipinski definition) is 0. The maximum atomic E-state index is 13.3. The van der Waals surface area contributed by atoms with Gasteiger partial charge in [-0.3, -0.25) is 14.5 Å². The number of halogens is 1. The lowest BCUT2D eigenvalue weighted by atomic mass is 10.1. The zero-order chi connectivity index (χ0) is 27.5. The summed E-state index contributed by atoms with van der Waals surface area (Å²) in [6.07, 6.45) is 1.83. The van der Waals surface area contributed by atoms with E-state index in [1.54, 1.807) is 0 Å². The Morgan fingerprint density at radius 3 is 2.38 bits per heavy atom. The predicted molar refractivity (Wildman–Crippen MR) is 161 cm³/mol. The lowest BCUT2D eigenvalue weighted by Gasteiger charge is -2.35. The SMILES string of the molecule is O=C1N=C(N2CCN(c3nsnc3Cl)CC2)S/C1=C/c1cccc(C(=O)N2CCN(Cc3ccccc3)CC2)c1. The van der Waals surface area contributed by atoms with Gasteiger partial charge in [-0.1, -0.05) is 54.1 Å². The average Bonchev–Trinajstić information content (AvgIpc) is 3.58. The molecule has 1 aromatic heterocycles. The van der Waals surface area contributed by atoms with Crippen LogP contribution in [0.3, 0.4) is 0 Å². The van der Waals surface area contributed by atoms with Gasteiger partial charge in [0.15, 0.2) is 16.1 Å². The van der Waals surface area contributed by atoms with Crippen LogP contribution in [0.25, 0.3) is 6.08 Å². The van der Waals surface area contributed by atoms with E-state index in [-0.39, 0.29) is 11.8 Å². The molecule has 0 radical (unpaired) electrons. The van der Waals surface area contributed by atoms with Crippen LogP contribution in [-0.2, 0) is 11.3 Å². The van der Waals surface area contributed by atoms with Gasteiger partial charge >= 0.3 is 0 Å². The molecule has 0 spiro atoms. The molecule has 206 valence electrons. The lowest BCUT2D eigenvalue weighted by molar-refractivity contribution is -0.113. The zero-order valence-corrected chi connectivity index (χ0v) is 24.2. The van der Waals surface area contributed by atoms with E-state index in [0.717, 1.165) is 50.0 Å². The third-order valence-corrected chi connectivity index (χ3v) is 9.15. The molecular weight excluding hydrogens is 566 g/mol. The Morgan fingerprint density at radius 2 is 1.65 bits per heavy atom. The fourth-order valence-corrected chi connectivity index (χ4v) is 6.79. The average molecular weight is 594 g/mol. The molecule has 0 N–H and O–H groups in total. The number of carbonyl (C=O) groups is 2. The van der Waals surface area contributed by atoms with Crippen molar-refractivity contribution in [3.63, 3.8) is 0 Å². The number of carbonyl (C=O) groups excluding carboxylic acids is 2. The minimum atomic E-state index is -0.250. The molecule has 0 unspecified atom stereocenters. The summed E-state index contributed by atoms with van der Waals surface area (Å²) in [6, 6.07) is 17.9. The van der Waals surface area contributed by atoms with Gasteiger partial charge in [0.05, 0.1) is 16.6 Å². The van der Waals surface area contributed by atoms with E-state index < -0.39 is 0 Å². The maximum absolute atomic E-state index is 13.3. The van der Waals surface area contributed by atoms with Crippen LogP contribution >= 0.6 is 35.1 Å². The topological polar surface area (TPSA) is 85.2 Å². The van der Waals surface area contributed by atoms with Crippen molar-refractivity contribution in [1.29, 1.82) is 0 Å². The molecule has 2 amide bonds. The number of rotatable bonds is 5. The summed E-state index contributed by atoms with van der Waals surface area (Å²) in [6.45, 7) is 6.85. The molecule has 4 heterocycles. The first-order valence-corrected chi connectivity index (χ1v) is 15.1. The van der Waals surface area contributed by atoms with Gasteiger partial charge in [-0.05, 0) is 41.1 Å². The second kappa shape index (κ2) is 12.1. The summed E-state index contributed by atoms with van der Waals surface area (Å²) >= 11 is 8.62. The van der Waals surface area contributed by atoms with E-state index in [0.29, 0.717) is 52.8 Å². The summed E-state index contributed by atoms with van der Waals surface area (Å²) in [5.74, 6) is 0.489. The third kappa shape index (κ3) is 6.07. The largest absolute Gasteiger partial charge is 0.350 e. The van der Waals surface area contributed by atoms with Gasteiger partial charge < -0.3 is 14.7 Å². The molecule has 0 saturated carbocycles. The molecule has 3 aliphatic heterocycles. The van der Waals surface area contributed by atoms with Crippen LogP contribution < -0.4 is 4.90 Å². The van der Waals surface area contributed by atoms with Gasteiger partial charge in [0.1, 0.15) is 0 Å². The molecule has 0 atom stereocenters. The minimum Gasteiger partial charge on any atom is -0.350 e. The number of hydrogen-bond acceptors (Lipinski definition) is 9. The van der Waals surface area contributed by atoms with Crippen LogP contribution in [0, 0.1) is 0 Å². The van der Waals surface area contributed by atoms with Crippen LogP contribution in [0.2, 0.25) is 5.15 Å². The number of aliphatic imine (C=N–C) groups is 1. The standard InChI is InChI=1S/C28H28ClN7O2S2/c29-24-25(32-40-31-24)34-13-15-36(16-14-34)28-30-26(37)23(39-28)18-21-7-4-8-22(17-21)27(38)35-11-9-33(10-12-35)19-20-5-2-1-3-6-20/h1-8,17-18H,9-16,19H2/b23-18+. The van der Waals surface area contributed by atoms with Gasteiger partial charge in [-0.25, -0.2) is 0 Å². The van der Waals surface area contributed by atoms with Crippen LogP contribution in [0.1, 0.15) is 21.5 Å². The Morgan fingerprint density at radius 1 is 0.900 bits per heavy atom. The first-order valence-electron chi connectivity index (χ1n) is 13.2. The second-order valence-electron chi connectivity index (χ2n) is 9.84. The van der Waals surface area contributed by atoms with Crippen LogP contribution in [0.15, 0.2) is 64.5 Å². The first-order chi connectivity index (χ1) is 19.5. The quantitative estimate of drug-likeness (QED) is 0.411. The van der Waals surface area contributed by atoms with Crippen molar-refractivity contribution < 1.29 is 9.59 Å². The third-order valence-electron chi connectivity index (χ3n) is 7.23. The van der Waals surface area contributed by atoms with Crippen LogP contribution in [0.5, 0.6) is 0 Å². The molecule has 12 heteroatoms. The van der Waals surface area contributed by atoms with Crippen LogP contribution in [0.4, 0.5) is 5.82 Å². The van der Waals surface area contributed by atoms with Crippen molar-refractivity contribution in [2.75, 3.05) is 57.3 Å². The van der Waals surface area contributed by atoms with E-state index in [9.17, 15) is 9.59 Å². The Hall–Kier alpha value is -3.25. The van der Waals surface area contributed by atoms with E-state index in [1.165, 1.54) is 17.3 Å². The monoisotopic (exact) mass is 593 g/mol. The number of piperazine rings is 2. The molecule has 2 fully saturated rings. The van der Waals surface area contributed by atoms with Gasteiger partial charge in [-0.15, -0.1) is 0 Å². The van der Waals surface area contributed by atoms with E-state index in [1.807, 2.05) is 41.3 Å². The molecular formula is C28H28ClN7O2S2. The Kier molecular flexibility index (Phi) is 8.15. The normalized spacial score (nSPS) is 19.4. The van der Waals surface area contributed by atoms with Crippen LogP contribution in [-0.4, -0.2) is 92.8 Å². The molecule has 6 rings (SSSR count). The van der Waals surface area contributed by atoms with Gasteiger partial charge in [0.2, 0.25) is 0 Å². The second-order valence-corrected chi connectivity index (χ2v) is 11.7. The molecule has 0 aliphatic carbocycles. The number of aromatic nitrogens is 2. The highest BCUT2D eigenvalue weighted by molar-refractivity contribution is 8.18. The number of anilines is 1. The number of nitrogens with zero attached hydrogens (tertiary/aromatic N) is 7. The summed E-state index contributed by atoms with van der Waals surface area (Å²) in [5.41, 5.74) is 2.74. The summed E-state index contributed by atoms with van der Waals surface area (Å²) in [5, 5.41) is 1.14. The van der Waals surface area contributed by atoms with Crippen molar-refractivity contribution in [2.45, 2.75) is 6.54 Å². The Balaban J connectivity index is 1.04. The molecule has 2 aromatic carbocycles. The highest BCUT2D eigenvalue weighted by Gasteiger charge is 2.30. The molecule has 3 aromatic rings. The summed E-state index contributed by atoms with van der Waals surface area (Å²) < 4.78 is 8.32. The van der Waals surface area contributed by atoms with Gasteiger partial charge in [0.25, 0.3) is 11.8 Å². The molecule has 2 saturated heterocycles. The van der Waals surface area contributed by atoms with Crippen molar-refractivity contribution >= 4 is 64.0 Å². The van der Waals surface area contributed by atoms with Crippen molar-refractivity contribution in [1.82, 2.24) is 23.4 Å². The van der Waals surface area contributed by atoms with Crippen molar-refractivity contribution in [3.8, 4) is 0 Å². The van der Waals surface area contributed by atoms with Crippen molar-refractivity contribution in [2.24, 2.45) is 4.99 Å². The van der Waals surface area contributed by atoms with Gasteiger partial charge in [0, 0.05) is 64.5 Å². The van der Waals surface area contributed by atoms with Crippen molar-refractivity contribution in [3.05, 3.63) is 81.3 Å². The highest BCUT2D eigenvalue weighted by atomic mass is 35.5. The maximum Gasteiger partial charge on any atom is 0.286 e. The fraction of sp³-hybridized carbons (Fsp3) is 0.321. The molecule has 0 bridgehead atoms.